The molecular formula is C11H17N3O4S2. The molecule has 0 atom stereocenters. The summed E-state index contributed by atoms with van der Waals surface area (Å²) in [6.07, 6.45) is 3.01. The van der Waals surface area contributed by atoms with Gasteiger partial charge < -0.3 is 9.88 Å². The van der Waals surface area contributed by atoms with Gasteiger partial charge in [0.15, 0.2) is 4.21 Å². The summed E-state index contributed by atoms with van der Waals surface area (Å²) in [7, 11) is -3.81. The molecule has 1 fully saturated rings. The Morgan fingerprint density at radius 2 is 2.00 bits per heavy atom. The van der Waals surface area contributed by atoms with Gasteiger partial charge in [0.25, 0.3) is 10.0 Å². The molecule has 1 aliphatic heterocycles. The van der Waals surface area contributed by atoms with Crippen LogP contribution >= 0.6 is 11.3 Å². The van der Waals surface area contributed by atoms with Crippen molar-refractivity contribution in [3.63, 3.8) is 0 Å². The monoisotopic (exact) mass is 319 g/mol. The molecule has 2 rings (SSSR count). The van der Waals surface area contributed by atoms with Crippen LogP contribution in [0, 0.1) is 6.92 Å². The molecule has 0 radical (unpaired) electrons. The summed E-state index contributed by atoms with van der Waals surface area (Å²) in [5.41, 5.74) is 0.290. The number of sulfonamides is 1. The zero-order valence-electron chi connectivity index (χ0n) is 11.1. The van der Waals surface area contributed by atoms with Crippen LogP contribution < -0.4 is 9.60 Å². The predicted octanol–water partition coefficient (Wildman–Crippen LogP) is 0.0356. The van der Waals surface area contributed by atoms with Crippen LogP contribution in [0.1, 0.15) is 25.0 Å². The smallest absolute Gasteiger partial charge is 0.305 e. The molecule has 0 aromatic carbocycles. The van der Waals surface area contributed by atoms with Gasteiger partial charge in [-0.1, -0.05) is 11.3 Å². The Kier molecular flexibility index (Phi) is 4.61. The van der Waals surface area contributed by atoms with E-state index < -0.39 is 14.9 Å². The van der Waals surface area contributed by atoms with Gasteiger partial charge >= 0.3 is 4.87 Å². The highest BCUT2D eigenvalue weighted by molar-refractivity contribution is 7.91. The van der Waals surface area contributed by atoms with Crippen LogP contribution in [-0.2, 0) is 14.8 Å². The van der Waals surface area contributed by atoms with E-state index in [1.165, 1.54) is 6.92 Å². The minimum atomic E-state index is -3.81. The highest BCUT2D eigenvalue weighted by Gasteiger charge is 2.23. The average molecular weight is 319 g/mol. The molecule has 1 aliphatic rings. The lowest BCUT2D eigenvalue weighted by atomic mass is 10.1. The fourth-order valence-electron chi connectivity index (χ4n) is 2.12. The van der Waals surface area contributed by atoms with E-state index in [0.29, 0.717) is 24.4 Å². The van der Waals surface area contributed by atoms with E-state index >= 15 is 0 Å². The molecule has 0 unspecified atom stereocenters. The third kappa shape index (κ3) is 3.47. The third-order valence-corrected chi connectivity index (χ3v) is 6.15. The minimum Gasteiger partial charge on any atom is -0.342 e. The number of nitrogens with zero attached hydrogens (tertiary/aromatic N) is 1. The maximum Gasteiger partial charge on any atom is 0.305 e. The fraction of sp³-hybridized carbons (Fsp3) is 0.636. The second-order valence-corrected chi connectivity index (χ2v) is 7.64. The molecule has 1 saturated heterocycles. The first kappa shape index (κ1) is 15.2. The highest BCUT2D eigenvalue weighted by atomic mass is 32.2. The van der Waals surface area contributed by atoms with Gasteiger partial charge in [0, 0.05) is 18.8 Å². The van der Waals surface area contributed by atoms with Crippen molar-refractivity contribution in [2.24, 2.45) is 0 Å². The number of aromatic nitrogens is 1. The Bertz CT molecular complexity index is 641. The number of rotatable bonds is 4. The standard InChI is InChI=1S/C11H17N3O4S2/c1-8-10(19-11(16)13-8)20(17,18)12-7-9(15)14-5-3-2-4-6-14/h12H,2-7H2,1H3,(H,13,16). The largest absolute Gasteiger partial charge is 0.342 e. The zero-order chi connectivity index (χ0) is 14.8. The van der Waals surface area contributed by atoms with Crippen molar-refractivity contribution in [3.8, 4) is 0 Å². The van der Waals surface area contributed by atoms with Crippen molar-refractivity contribution in [1.82, 2.24) is 14.6 Å². The van der Waals surface area contributed by atoms with E-state index in [1.54, 1.807) is 4.90 Å². The lowest BCUT2D eigenvalue weighted by Crippen LogP contribution is -2.42. The zero-order valence-corrected chi connectivity index (χ0v) is 12.8. The molecule has 2 heterocycles. The number of thiazole rings is 1. The van der Waals surface area contributed by atoms with Crippen LogP contribution in [0.15, 0.2) is 9.00 Å². The number of amides is 1. The molecule has 20 heavy (non-hydrogen) atoms. The van der Waals surface area contributed by atoms with E-state index in [0.717, 1.165) is 19.3 Å². The number of carbonyl (C=O) groups is 1. The maximum atomic E-state index is 12.0. The lowest BCUT2D eigenvalue weighted by molar-refractivity contribution is -0.130. The van der Waals surface area contributed by atoms with Crippen molar-refractivity contribution >= 4 is 27.3 Å². The summed E-state index contributed by atoms with van der Waals surface area (Å²) in [6.45, 7) is 2.60. The summed E-state index contributed by atoms with van der Waals surface area (Å²) in [5.74, 6) is -0.228. The van der Waals surface area contributed by atoms with Crippen LogP contribution in [0.4, 0.5) is 0 Å². The van der Waals surface area contributed by atoms with Crippen LogP contribution in [-0.4, -0.2) is 43.8 Å². The van der Waals surface area contributed by atoms with E-state index in [4.69, 9.17) is 0 Å². The van der Waals surface area contributed by atoms with Gasteiger partial charge in [-0.25, -0.2) is 13.1 Å². The number of aromatic amines is 1. The first-order valence-electron chi connectivity index (χ1n) is 6.37. The minimum absolute atomic E-state index is 0.0612. The number of H-pyrrole nitrogens is 1. The van der Waals surface area contributed by atoms with Crippen LogP contribution in [0.2, 0.25) is 0 Å². The van der Waals surface area contributed by atoms with Crippen molar-refractivity contribution in [3.05, 3.63) is 15.4 Å². The summed E-state index contributed by atoms with van der Waals surface area (Å²) in [5, 5.41) is 0. The topological polar surface area (TPSA) is 99.3 Å². The lowest BCUT2D eigenvalue weighted by Gasteiger charge is -2.26. The molecule has 7 nitrogen and oxygen atoms in total. The van der Waals surface area contributed by atoms with Gasteiger partial charge in [0.1, 0.15) is 0 Å². The second kappa shape index (κ2) is 6.06. The number of hydrogen-bond donors (Lipinski definition) is 2. The number of likely N-dealkylation sites (tertiary alicyclic amines) is 1. The summed E-state index contributed by atoms with van der Waals surface area (Å²) in [4.78, 5) is 26.7. The Morgan fingerprint density at radius 3 is 2.55 bits per heavy atom. The van der Waals surface area contributed by atoms with Gasteiger partial charge in [-0.2, -0.15) is 0 Å². The van der Waals surface area contributed by atoms with Crippen LogP contribution in [0.5, 0.6) is 0 Å². The van der Waals surface area contributed by atoms with E-state index in [9.17, 15) is 18.0 Å². The van der Waals surface area contributed by atoms with E-state index in [-0.39, 0.29) is 22.4 Å². The molecular weight excluding hydrogens is 302 g/mol. The van der Waals surface area contributed by atoms with Crippen molar-refractivity contribution in [1.29, 1.82) is 0 Å². The molecule has 1 aromatic rings. The normalized spacial score (nSPS) is 16.4. The number of carbonyl (C=O) groups excluding carboxylic acids is 1. The first-order chi connectivity index (χ1) is 9.40. The summed E-state index contributed by atoms with van der Waals surface area (Å²) < 4.78 is 26.2. The molecule has 0 spiro atoms. The molecule has 0 aliphatic carbocycles. The Balaban J connectivity index is 2.00. The fourth-order valence-corrected chi connectivity index (χ4v) is 4.44. The van der Waals surface area contributed by atoms with Crippen LogP contribution in [0.3, 0.4) is 0 Å². The number of piperidine rings is 1. The summed E-state index contributed by atoms with van der Waals surface area (Å²) in [6, 6.07) is 0. The Hall–Kier alpha value is -1.19. The van der Waals surface area contributed by atoms with Gasteiger partial charge in [0.2, 0.25) is 5.91 Å². The van der Waals surface area contributed by atoms with E-state index in [2.05, 4.69) is 9.71 Å². The quantitative estimate of drug-likeness (QED) is 0.818. The van der Waals surface area contributed by atoms with Gasteiger partial charge in [0.05, 0.1) is 6.54 Å². The molecule has 0 saturated carbocycles. The molecule has 1 amide bonds. The second-order valence-electron chi connectivity index (χ2n) is 4.69. The average Bonchev–Trinajstić information content (AvgIpc) is 2.77. The Morgan fingerprint density at radius 1 is 1.35 bits per heavy atom. The van der Waals surface area contributed by atoms with Gasteiger partial charge in [-0.3, -0.25) is 9.59 Å². The predicted molar refractivity (Wildman–Crippen MR) is 75.3 cm³/mol. The highest BCUT2D eigenvalue weighted by Crippen LogP contribution is 2.15. The number of aryl methyl sites for hydroxylation is 1. The SMILES string of the molecule is Cc1[nH]c(=O)sc1S(=O)(=O)NCC(=O)N1CCCCC1. The molecule has 9 heteroatoms. The molecule has 0 bridgehead atoms. The Labute approximate surface area is 121 Å². The number of hydrogen-bond acceptors (Lipinski definition) is 5. The number of nitrogens with one attached hydrogen (secondary N) is 2. The maximum absolute atomic E-state index is 12.0. The third-order valence-electron chi connectivity index (χ3n) is 3.15. The van der Waals surface area contributed by atoms with Crippen molar-refractivity contribution < 1.29 is 13.2 Å². The molecule has 112 valence electrons. The van der Waals surface area contributed by atoms with E-state index in [1.807, 2.05) is 0 Å². The van der Waals surface area contributed by atoms with Gasteiger partial charge in [-0.05, 0) is 26.2 Å². The van der Waals surface area contributed by atoms with Crippen LogP contribution in [0.25, 0.3) is 0 Å². The molecule has 1 aromatic heterocycles. The van der Waals surface area contributed by atoms with Gasteiger partial charge in [-0.15, -0.1) is 0 Å². The first-order valence-corrected chi connectivity index (χ1v) is 8.67. The van der Waals surface area contributed by atoms with Crippen molar-refractivity contribution in [2.45, 2.75) is 30.4 Å². The molecule has 2 N–H and O–H groups in total. The van der Waals surface area contributed by atoms with Crippen molar-refractivity contribution in [2.75, 3.05) is 19.6 Å². The summed E-state index contributed by atoms with van der Waals surface area (Å²) >= 11 is 0.622.